The summed E-state index contributed by atoms with van der Waals surface area (Å²) in [5.41, 5.74) is 3.37. The number of hydrogen-bond donors (Lipinski definition) is 2. The number of hydrogen-bond acceptors (Lipinski definition) is 9. The number of anilines is 4. The van der Waals surface area contributed by atoms with Crippen LogP contribution >= 0.6 is 11.6 Å². The molecule has 1 aliphatic rings. The number of halogens is 1. The van der Waals surface area contributed by atoms with E-state index in [2.05, 4.69) is 43.6 Å². The van der Waals surface area contributed by atoms with Crippen molar-refractivity contribution in [3.63, 3.8) is 0 Å². The number of nitrogens with one attached hydrogen (secondary N) is 2. The van der Waals surface area contributed by atoms with Gasteiger partial charge in [0, 0.05) is 19.3 Å². The number of pyridine rings is 1. The predicted molar refractivity (Wildman–Crippen MR) is 143 cm³/mol. The van der Waals surface area contributed by atoms with Gasteiger partial charge in [0.25, 0.3) is 0 Å². The van der Waals surface area contributed by atoms with Gasteiger partial charge in [0.2, 0.25) is 5.95 Å². The number of methoxy groups -OCH3 is 1. The molecule has 3 aromatic rings. The first-order valence-corrected chi connectivity index (χ1v) is 13.4. The second-order valence-corrected chi connectivity index (χ2v) is 11.6. The molecule has 0 spiro atoms. The molecule has 0 fully saturated rings. The molecule has 1 aliphatic heterocycles. The van der Waals surface area contributed by atoms with Crippen LogP contribution < -0.4 is 15.4 Å². The van der Waals surface area contributed by atoms with Gasteiger partial charge in [-0.05, 0) is 62.7 Å². The third-order valence-electron chi connectivity index (χ3n) is 5.89. The van der Waals surface area contributed by atoms with E-state index in [0.29, 0.717) is 11.4 Å². The second kappa shape index (κ2) is 10.8. The van der Waals surface area contributed by atoms with Gasteiger partial charge >= 0.3 is 0 Å². The molecule has 0 bridgehead atoms. The minimum absolute atomic E-state index is 0.0651. The van der Waals surface area contributed by atoms with Crippen molar-refractivity contribution in [2.24, 2.45) is 0 Å². The summed E-state index contributed by atoms with van der Waals surface area (Å²) in [4.78, 5) is 15.1. The first kappa shape index (κ1) is 25.9. The standard InChI is InChI=1S/C25H29ClN6O3S/c1-16(2)36(33,34)24-21(6-5-11-27-24)29-23-19(26)15-28-25(31-23)30-20-8-7-18(14-22(20)35-4)17-9-12-32(3)13-10-17/h5-9,11,14-16H,10,12-13H2,1-4H3,(H2,28,29,30,31). The van der Waals surface area contributed by atoms with Crippen LogP contribution in [0.3, 0.4) is 0 Å². The number of rotatable bonds is 8. The van der Waals surface area contributed by atoms with Crippen molar-refractivity contribution in [3.8, 4) is 5.75 Å². The SMILES string of the molecule is COc1cc(C2=CCN(C)CC2)ccc1Nc1ncc(Cl)c(Nc2cccnc2S(=O)(=O)C(C)C)n1. The lowest BCUT2D eigenvalue weighted by molar-refractivity contribution is 0.370. The summed E-state index contributed by atoms with van der Waals surface area (Å²) in [6, 6.07) is 9.21. The van der Waals surface area contributed by atoms with E-state index in [0.717, 1.165) is 25.1 Å². The fraction of sp³-hybridized carbons (Fsp3) is 0.320. The van der Waals surface area contributed by atoms with Gasteiger partial charge in [-0.1, -0.05) is 23.7 Å². The molecule has 0 atom stereocenters. The van der Waals surface area contributed by atoms with Crippen LogP contribution in [0.5, 0.6) is 5.75 Å². The van der Waals surface area contributed by atoms with Gasteiger partial charge in [-0.25, -0.2) is 18.4 Å². The van der Waals surface area contributed by atoms with E-state index in [-0.39, 0.29) is 27.5 Å². The fourth-order valence-corrected chi connectivity index (χ4v) is 4.94. The highest BCUT2D eigenvalue weighted by atomic mass is 35.5. The van der Waals surface area contributed by atoms with E-state index in [9.17, 15) is 8.42 Å². The quantitative estimate of drug-likeness (QED) is 0.421. The summed E-state index contributed by atoms with van der Waals surface area (Å²) < 4.78 is 31.2. The Morgan fingerprint density at radius 2 is 1.94 bits per heavy atom. The first-order valence-electron chi connectivity index (χ1n) is 11.5. The molecule has 0 radical (unpaired) electrons. The van der Waals surface area contributed by atoms with Gasteiger partial charge in [0.1, 0.15) is 10.8 Å². The number of likely N-dealkylation sites (N-methyl/N-ethyl adjacent to an activating group) is 1. The molecule has 2 N–H and O–H groups in total. The molecule has 0 aliphatic carbocycles. The number of aromatic nitrogens is 3. The third-order valence-corrected chi connectivity index (χ3v) is 8.27. The Labute approximate surface area is 216 Å². The van der Waals surface area contributed by atoms with Crippen molar-refractivity contribution in [2.45, 2.75) is 30.5 Å². The van der Waals surface area contributed by atoms with E-state index in [4.69, 9.17) is 16.3 Å². The van der Waals surface area contributed by atoms with Crippen molar-refractivity contribution in [3.05, 3.63) is 59.4 Å². The Morgan fingerprint density at radius 3 is 2.64 bits per heavy atom. The topological polar surface area (TPSA) is 109 Å². The summed E-state index contributed by atoms with van der Waals surface area (Å²) in [6.45, 7) is 5.15. The Bertz CT molecular complexity index is 1390. The van der Waals surface area contributed by atoms with Crippen molar-refractivity contribution < 1.29 is 13.2 Å². The van der Waals surface area contributed by atoms with Gasteiger partial charge in [-0.3, -0.25) is 0 Å². The Hall–Kier alpha value is -3.21. The average Bonchev–Trinajstić information content (AvgIpc) is 2.87. The zero-order valence-electron chi connectivity index (χ0n) is 20.6. The lowest BCUT2D eigenvalue weighted by atomic mass is 9.99. The summed E-state index contributed by atoms with van der Waals surface area (Å²) in [5.74, 6) is 1.16. The summed E-state index contributed by atoms with van der Waals surface area (Å²) in [6.07, 6.45) is 6.09. The van der Waals surface area contributed by atoms with Gasteiger partial charge in [0.05, 0.1) is 29.9 Å². The van der Waals surface area contributed by atoms with E-state index in [1.54, 1.807) is 33.1 Å². The Morgan fingerprint density at radius 1 is 1.14 bits per heavy atom. The molecule has 1 aromatic carbocycles. The molecular formula is C25H29ClN6O3S. The molecule has 0 saturated heterocycles. The normalized spacial score (nSPS) is 14.4. The number of ether oxygens (including phenoxy) is 1. The van der Waals surface area contributed by atoms with Crippen LogP contribution in [-0.4, -0.2) is 60.8 Å². The van der Waals surface area contributed by atoms with Crippen LogP contribution in [0.2, 0.25) is 5.02 Å². The molecule has 0 amide bonds. The van der Waals surface area contributed by atoms with Crippen LogP contribution in [0.15, 0.2) is 53.8 Å². The molecule has 11 heteroatoms. The maximum atomic E-state index is 12.8. The molecule has 4 rings (SSSR count). The van der Waals surface area contributed by atoms with E-state index >= 15 is 0 Å². The van der Waals surface area contributed by atoms with Crippen LogP contribution in [0, 0.1) is 0 Å². The molecule has 0 unspecified atom stereocenters. The minimum atomic E-state index is -3.62. The molecule has 36 heavy (non-hydrogen) atoms. The first-order chi connectivity index (χ1) is 17.2. The Kier molecular flexibility index (Phi) is 7.77. The van der Waals surface area contributed by atoms with Gasteiger partial charge in [0.15, 0.2) is 20.7 Å². The number of nitrogens with zero attached hydrogens (tertiary/aromatic N) is 4. The summed E-state index contributed by atoms with van der Waals surface area (Å²) in [7, 11) is 0.0946. The molecule has 2 aromatic heterocycles. The predicted octanol–water partition coefficient (Wildman–Crippen LogP) is 4.92. The lowest BCUT2D eigenvalue weighted by Gasteiger charge is -2.22. The Balaban J connectivity index is 1.60. The number of benzene rings is 1. The highest BCUT2D eigenvalue weighted by molar-refractivity contribution is 7.92. The summed E-state index contributed by atoms with van der Waals surface area (Å²) in [5, 5.41) is 5.71. The maximum Gasteiger partial charge on any atom is 0.229 e. The second-order valence-electron chi connectivity index (χ2n) is 8.75. The molecule has 3 heterocycles. The van der Waals surface area contributed by atoms with Crippen LogP contribution in [-0.2, 0) is 9.84 Å². The van der Waals surface area contributed by atoms with Gasteiger partial charge in [-0.15, -0.1) is 0 Å². The third kappa shape index (κ3) is 5.61. The average molecular weight is 529 g/mol. The largest absolute Gasteiger partial charge is 0.495 e. The van der Waals surface area contributed by atoms with Gasteiger partial charge in [-0.2, -0.15) is 4.98 Å². The lowest BCUT2D eigenvalue weighted by Crippen LogP contribution is -2.23. The van der Waals surface area contributed by atoms with Crippen molar-refractivity contribution in [1.29, 1.82) is 0 Å². The summed E-state index contributed by atoms with van der Waals surface area (Å²) >= 11 is 6.33. The monoisotopic (exact) mass is 528 g/mol. The van der Waals surface area contributed by atoms with Gasteiger partial charge < -0.3 is 20.3 Å². The molecule has 190 valence electrons. The minimum Gasteiger partial charge on any atom is -0.495 e. The highest BCUT2D eigenvalue weighted by Crippen LogP contribution is 2.33. The zero-order valence-corrected chi connectivity index (χ0v) is 22.2. The maximum absolute atomic E-state index is 12.8. The van der Waals surface area contributed by atoms with Crippen LogP contribution in [0.25, 0.3) is 5.57 Å². The molecule has 9 nitrogen and oxygen atoms in total. The smallest absolute Gasteiger partial charge is 0.229 e. The van der Waals surface area contributed by atoms with Crippen molar-refractivity contribution in [1.82, 2.24) is 19.9 Å². The van der Waals surface area contributed by atoms with E-state index in [1.165, 1.54) is 18.0 Å². The van der Waals surface area contributed by atoms with Crippen LogP contribution in [0.1, 0.15) is 25.8 Å². The molecule has 0 saturated carbocycles. The molecular weight excluding hydrogens is 500 g/mol. The van der Waals surface area contributed by atoms with E-state index < -0.39 is 15.1 Å². The fourth-order valence-electron chi connectivity index (χ4n) is 3.73. The van der Waals surface area contributed by atoms with E-state index in [1.807, 2.05) is 18.2 Å². The number of sulfone groups is 1. The zero-order chi connectivity index (χ0) is 25.9. The van der Waals surface area contributed by atoms with Crippen LogP contribution in [0.4, 0.5) is 23.1 Å². The highest BCUT2D eigenvalue weighted by Gasteiger charge is 2.25. The van der Waals surface area contributed by atoms with Crippen molar-refractivity contribution >= 4 is 50.2 Å². The van der Waals surface area contributed by atoms with Crippen molar-refractivity contribution in [2.75, 3.05) is 37.9 Å².